The number of anilines is 1. The van der Waals surface area contributed by atoms with Crippen LogP contribution in [-0.4, -0.2) is 18.0 Å². The van der Waals surface area contributed by atoms with Crippen molar-refractivity contribution in [3.8, 4) is 0 Å². The molecule has 0 aromatic heterocycles. The lowest BCUT2D eigenvalue weighted by atomic mass is 9.78. The molecule has 1 aliphatic rings. The third-order valence-electron chi connectivity index (χ3n) is 5.01. The normalized spacial score (nSPS) is 25.9. The highest BCUT2D eigenvalue weighted by molar-refractivity contribution is 5.93. The molecule has 2 rings (SSSR count). The highest BCUT2D eigenvalue weighted by atomic mass is 19.2. The maximum atomic E-state index is 13.6. The van der Waals surface area contributed by atoms with Crippen LogP contribution in [0.1, 0.15) is 40.0 Å². The molecule has 1 fully saturated rings. The Labute approximate surface area is 134 Å². The van der Waals surface area contributed by atoms with Crippen molar-refractivity contribution in [2.45, 2.75) is 52.1 Å². The predicted molar refractivity (Wildman–Crippen MR) is 82.3 cm³/mol. The van der Waals surface area contributed by atoms with Gasteiger partial charge in [-0.15, -0.1) is 0 Å². The minimum atomic E-state index is -1.57. The molecular weight excluding hydrogens is 305 g/mol. The SMILES string of the molecule is C[C@H]1[C@@H]([NH2+][C@@H](C)C(=O)Nc2ccc(F)c(F)c2F)CCC[C@@H]1C. The number of rotatable bonds is 4. The van der Waals surface area contributed by atoms with Crippen LogP contribution in [0.3, 0.4) is 0 Å². The Hall–Kier alpha value is -1.56. The van der Waals surface area contributed by atoms with Gasteiger partial charge in [-0.1, -0.05) is 13.8 Å². The summed E-state index contributed by atoms with van der Waals surface area (Å²) in [6.07, 6.45) is 3.38. The number of carbonyl (C=O) groups is 1. The van der Waals surface area contributed by atoms with E-state index < -0.39 is 29.4 Å². The number of benzene rings is 1. The molecule has 0 heterocycles. The number of hydrogen-bond donors (Lipinski definition) is 2. The summed E-state index contributed by atoms with van der Waals surface area (Å²) in [4.78, 5) is 12.2. The molecule has 128 valence electrons. The van der Waals surface area contributed by atoms with Crippen molar-refractivity contribution in [1.82, 2.24) is 0 Å². The zero-order valence-corrected chi connectivity index (χ0v) is 13.7. The average molecular weight is 329 g/mol. The van der Waals surface area contributed by atoms with Crippen molar-refractivity contribution in [2.75, 3.05) is 5.32 Å². The van der Waals surface area contributed by atoms with Crippen LogP contribution in [0.4, 0.5) is 18.9 Å². The summed E-state index contributed by atoms with van der Waals surface area (Å²) in [5, 5.41) is 4.34. The monoisotopic (exact) mass is 329 g/mol. The molecule has 0 radical (unpaired) electrons. The lowest BCUT2D eigenvalue weighted by Crippen LogP contribution is -2.97. The van der Waals surface area contributed by atoms with Crippen molar-refractivity contribution in [1.29, 1.82) is 0 Å². The van der Waals surface area contributed by atoms with E-state index in [0.29, 0.717) is 17.9 Å². The molecule has 1 aromatic rings. The molecule has 1 saturated carbocycles. The average Bonchev–Trinajstić information content (AvgIpc) is 2.52. The van der Waals surface area contributed by atoms with Gasteiger partial charge in [0.2, 0.25) is 0 Å². The first-order valence-corrected chi connectivity index (χ1v) is 8.10. The van der Waals surface area contributed by atoms with Crippen molar-refractivity contribution in [2.24, 2.45) is 11.8 Å². The quantitative estimate of drug-likeness (QED) is 0.820. The summed E-state index contributed by atoms with van der Waals surface area (Å²) >= 11 is 0. The number of hydrogen-bond acceptors (Lipinski definition) is 1. The molecule has 1 aliphatic carbocycles. The maximum Gasteiger partial charge on any atom is 0.282 e. The highest BCUT2D eigenvalue weighted by Crippen LogP contribution is 2.27. The van der Waals surface area contributed by atoms with E-state index in [1.165, 1.54) is 6.42 Å². The fourth-order valence-corrected chi connectivity index (χ4v) is 3.22. The third kappa shape index (κ3) is 4.05. The van der Waals surface area contributed by atoms with Crippen LogP contribution >= 0.6 is 0 Å². The zero-order chi connectivity index (χ0) is 17.1. The maximum absolute atomic E-state index is 13.6. The number of amides is 1. The van der Waals surface area contributed by atoms with E-state index in [0.717, 1.165) is 25.0 Å². The molecular formula is C17H24F3N2O+. The Morgan fingerprint density at radius 1 is 1.22 bits per heavy atom. The van der Waals surface area contributed by atoms with Crippen LogP contribution in [0.25, 0.3) is 0 Å². The first-order valence-electron chi connectivity index (χ1n) is 8.10. The molecule has 1 amide bonds. The minimum Gasteiger partial charge on any atom is -0.334 e. The molecule has 0 spiro atoms. The molecule has 0 saturated heterocycles. The molecule has 6 heteroatoms. The van der Waals surface area contributed by atoms with E-state index in [2.05, 4.69) is 19.2 Å². The van der Waals surface area contributed by atoms with Gasteiger partial charge in [-0.2, -0.15) is 0 Å². The minimum absolute atomic E-state index is 0.334. The van der Waals surface area contributed by atoms with Crippen LogP contribution in [0.5, 0.6) is 0 Å². The van der Waals surface area contributed by atoms with Gasteiger partial charge >= 0.3 is 0 Å². The summed E-state index contributed by atoms with van der Waals surface area (Å²) in [7, 11) is 0. The van der Waals surface area contributed by atoms with E-state index in [1.54, 1.807) is 6.92 Å². The van der Waals surface area contributed by atoms with Gasteiger partial charge in [-0.3, -0.25) is 4.79 Å². The van der Waals surface area contributed by atoms with E-state index in [-0.39, 0.29) is 5.69 Å². The van der Waals surface area contributed by atoms with Gasteiger partial charge in [0.05, 0.1) is 11.7 Å². The van der Waals surface area contributed by atoms with Crippen molar-refractivity contribution >= 4 is 11.6 Å². The van der Waals surface area contributed by atoms with Crippen molar-refractivity contribution in [3.63, 3.8) is 0 Å². The topological polar surface area (TPSA) is 45.7 Å². The molecule has 1 aromatic carbocycles. The number of carbonyl (C=O) groups excluding carboxylic acids is 1. The molecule has 3 nitrogen and oxygen atoms in total. The Morgan fingerprint density at radius 3 is 2.61 bits per heavy atom. The fraction of sp³-hybridized carbons (Fsp3) is 0.588. The van der Waals surface area contributed by atoms with Crippen LogP contribution in [0, 0.1) is 29.3 Å². The summed E-state index contributed by atoms with van der Waals surface area (Å²) in [6.45, 7) is 6.13. The van der Waals surface area contributed by atoms with Crippen LogP contribution in [-0.2, 0) is 4.79 Å². The lowest BCUT2D eigenvalue weighted by molar-refractivity contribution is -0.715. The Bertz CT molecular complexity index is 579. The van der Waals surface area contributed by atoms with E-state index in [9.17, 15) is 18.0 Å². The number of nitrogens with two attached hydrogens (primary N) is 1. The van der Waals surface area contributed by atoms with E-state index in [4.69, 9.17) is 0 Å². The molecule has 0 bridgehead atoms. The second-order valence-corrected chi connectivity index (χ2v) is 6.62. The van der Waals surface area contributed by atoms with Gasteiger partial charge in [-0.25, -0.2) is 13.2 Å². The summed E-state index contributed by atoms with van der Waals surface area (Å²) < 4.78 is 39.7. The Morgan fingerprint density at radius 2 is 1.91 bits per heavy atom. The number of nitrogens with one attached hydrogen (secondary N) is 1. The van der Waals surface area contributed by atoms with E-state index in [1.807, 2.05) is 5.32 Å². The smallest absolute Gasteiger partial charge is 0.282 e. The summed E-state index contributed by atoms with van der Waals surface area (Å²) in [5.41, 5.74) is -0.334. The van der Waals surface area contributed by atoms with Gasteiger partial charge < -0.3 is 10.6 Å². The van der Waals surface area contributed by atoms with Crippen LogP contribution < -0.4 is 10.6 Å². The van der Waals surface area contributed by atoms with Crippen molar-refractivity contribution < 1.29 is 23.3 Å². The van der Waals surface area contributed by atoms with Crippen LogP contribution in [0.15, 0.2) is 12.1 Å². The number of quaternary nitrogens is 1. The second kappa shape index (κ2) is 7.34. The van der Waals surface area contributed by atoms with Gasteiger partial charge in [0, 0.05) is 5.92 Å². The van der Waals surface area contributed by atoms with E-state index >= 15 is 0 Å². The molecule has 3 N–H and O–H groups in total. The Balaban J connectivity index is 1.99. The Kier molecular flexibility index (Phi) is 5.68. The molecule has 23 heavy (non-hydrogen) atoms. The largest absolute Gasteiger partial charge is 0.334 e. The molecule has 4 atom stereocenters. The summed E-state index contributed by atoms with van der Waals surface area (Å²) in [5.74, 6) is -3.52. The lowest BCUT2D eigenvalue weighted by Gasteiger charge is -2.33. The molecule has 0 unspecified atom stereocenters. The molecule has 0 aliphatic heterocycles. The zero-order valence-electron chi connectivity index (χ0n) is 13.7. The van der Waals surface area contributed by atoms with Gasteiger partial charge in [0.15, 0.2) is 23.5 Å². The van der Waals surface area contributed by atoms with Gasteiger partial charge in [0.25, 0.3) is 5.91 Å². The predicted octanol–water partition coefficient (Wildman–Crippen LogP) is 2.82. The number of halogens is 3. The first kappa shape index (κ1) is 17.8. The van der Waals surface area contributed by atoms with Crippen molar-refractivity contribution in [3.05, 3.63) is 29.6 Å². The van der Waals surface area contributed by atoms with Crippen LogP contribution in [0.2, 0.25) is 0 Å². The second-order valence-electron chi connectivity index (χ2n) is 6.62. The van der Waals surface area contributed by atoms with Gasteiger partial charge in [0.1, 0.15) is 0 Å². The first-order chi connectivity index (χ1) is 10.8. The third-order valence-corrected chi connectivity index (χ3v) is 5.01. The standard InChI is InChI=1S/C17H23F3N2O/c1-9-5-4-6-13(10(9)2)21-11(3)17(23)22-14-8-7-12(18)15(19)16(14)20/h7-11,13,21H,4-6H2,1-3H3,(H,22,23)/p+1/t9-,10+,11-,13-/m0/s1. The fourth-order valence-electron chi connectivity index (χ4n) is 3.22. The highest BCUT2D eigenvalue weighted by Gasteiger charge is 2.32. The van der Waals surface area contributed by atoms with Gasteiger partial charge in [-0.05, 0) is 44.2 Å². The summed E-state index contributed by atoms with van der Waals surface area (Å²) in [6, 6.07) is 1.74.